The van der Waals surface area contributed by atoms with Crippen molar-refractivity contribution in [2.45, 2.75) is 5.92 Å². The van der Waals surface area contributed by atoms with Crippen LogP contribution in [-0.4, -0.2) is 5.92 Å². The Balaban J connectivity index is 3.37. The maximum atomic E-state index is 12.5. The Morgan fingerprint density at radius 3 is 1.86 bits per heavy atom. The van der Waals surface area contributed by atoms with Crippen molar-refractivity contribution in [2.75, 3.05) is 0 Å². The van der Waals surface area contributed by atoms with Gasteiger partial charge < -0.3 is 0 Å². The lowest BCUT2D eigenvalue weighted by Gasteiger charge is -2.10. The molecule has 0 N–H and O–H groups in total. The minimum atomic E-state index is -4.80. The van der Waals surface area contributed by atoms with Crippen LogP contribution in [0.5, 0.6) is 0 Å². The Morgan fingerprint density at radius 2 is 1.57 bits per heavy atom. The maximum absolute atomic E-state index is 12.5. The number of hydrogen-bond acceptors (Lipinski definition) is 0. The predicted molar refractivity (Wildman–Crippen MR) is 32.6 cm³/mol. The van der Waals surface area contributed by atoms with E-state index in [1.165, 1.54) is 0 Å². The average molecular weight is 218 g/mol. The van der Waals surface area contributed by atoms with Crippen molar-refractivity contribution in [2.24, 2.45) is 0 Å². The molecule has 0 amide bonds. The van der Waals surface area contributed by atoms with E-state index < -0.39 is 41.1 Å². The Hall–Kier alpha value is -1.27. The Bertz CT molecular complexity index is 360. The zero-order valence-corrected chi connectivity index (χ0v) is 6.22. The molecule has 14 heavy (non-hydrogen) atoms. The van der Waals surface area contributed by atoms with Crippen LogP contribution in [0.25, 0.3) is 0 Å². The van der Waals surface area contributed by atoms with Gasteiger partial charge in [-0.05, 0) is 0 Å². The molecule has 0 fully saturated rings. The van der Waals surface area contributed by atoms with Crippen molar-refractivity contribution in [3.05, 3.63) is 35.2 Å². The van der Waals surface area contributed by atoms with Crippen molar-refractivity contribution in [3.8, 4) is 0 Å². The lowest BCUT2D eigenvalue weighted by molar-refractivity contribution is 0.0582. The lowest BCUT2D eigenvalue weighted by atomic mass is 10.1. The van der Waals surface area contributed by atoms with Gasteiger partial charge in [-0.2, -0.15) is 8.78 Å². The summed E-state index contributed by atoms with van der Waals surface area (Å²) in [6.07, 6.45) is -1.01. The van der Waals surface area contributed by atoms with Crippen molar-refractivity contribution in [1.82, 2.24) is 0 Å². The smallest absolute Gasteiger partial charge is 0.212 e. The normalized spacial score (nSPS) is 22.4. The second-order valence-corrected chi connectivity index (χ2v) is 2.35. The fourth-order valence-corrected chi connectivity index (χ4v) is 0.901. The summed E-state index contributed by atoms with van der Waals surface area (Å²) in [5.74, 6) is -14.9. The highest BCUT2D eigenvalue weighted by Gasteiger charge is 2.53. The third kappa shape index (κ3) is 1.23. The molecule has 0 bridgehead atoms. The van der Waals surface area contributed by atoms with Gasteiger partial charge in [0, 0.05) is 0 Å². The first-order valence-corrected chi connectivity index (χ1v) is 3.14. The summed E-state index contributed by atoms with van der Waals surface area (Å²) in [4.78, 5) is 0. The fraction of sp³-hybridized carbons (Fsp3) is 0.143. The standard InChI is InChI=1S/C7HF7/c8-1-2(9)3-4(10)5(11)6(12)7(3,13)14/h1H/b2-1-. The molecule has 78 valence electrons. The Morgan fingerprint density at radius 1 is 1.07 bits per heavy atom. The monoisotopic (exact) mass is 218 g/mol. The lowest BCUT2D eigenvalue weighted by Crippen LogP contribution is -2.18. The molecule has 0 aromatic carbocycles. The molecule has 0 aromatic heterocycles. The summed E-state index contributed by atoms with van der Waals surface area (Å²) in [7, 11) is 0. The molecular weight excluding hydrogens is 217 g/mol. The molecule has 0 aliphatic heterocycles. The van der Waals surface area contributed by atoms with E-state index in [-0.39, 0.29) is 0 Å². The van der Waals surface area contributed by atoms with Crippen LogP contribution < -0.4 is 0 Å². The summed E-state index contributed by atoms with van der Waals surface area (Å²) in [6.45, 7) is 0. The molecule has 1 rings (SSSR count). The molecule has 0 radical (unpaired) electrons. The Labute approximate surface area is 73.0 Å². The fourth-order valence-electron chi connectivity index (χ4n) is 0.901. The third-order valence-corrected chi connectivity index (χ3v) is 1.53. The molecule has 0 atom stereocenters. The molecule has 0 unspecified atom stereocenters. The number of alkyl halides is 2. The van der Waals surface area contributed by atoms with Gasteiger partial charge in [0.15, 0.2) is 17.5 Å². The number of halogens is 7. The quantitative estimate of drug-likeness (QED) is 0.587. The molecule has 7 heteroatoms. The van der Waals surface area contributed by atoms with Gasteiger partial charge >= 0.3 is 5.92 Å². The first-order chi connectivity index (χ1) is 6.34. The van der Waals surface area contributed by atoms with Crippen LogP contribution in [0.2, 0.25) is 0 Å². The third-order valence-electron chi connectivity index (χ3n) is 1.53. The van der Waals surface area contributed by atoms with Gasteiger partial charge in [-0.3, -0.25) is 0 Å². The highest BCUT2D eigenvalue weighted by molar-refractivity contribution is 5.52. The molecule has 0 saturated heterocycles. The summed E-state index contributed by atoms with van der Waals surface area (Å²) in [6, 6.07) is 0. The van der Waals surface area contributed by atoms with E-state index in [0.717, 1.165) is 0 Å². The van der Waals surface area contributed by atoms with Crippen LogP contribution in [0.15, 0.2) is 35.2 Å². The van der Waals surface area contributed by atoms with Gasteiger partial charge in [-0.15, -0.1) is 0 Å². The van der Waals surface area contributed by atoms with Crippen LogP contribution >= 0.6 is 0 Å². The first kappa shape index (κ1) is 10.8. The highest BCUT2D eigenvalue weighted by Crippen LogP contribution is 2.49. The van der Waals surface area contributed by atoms with E-state index in [9.17, 15) is 30.7 Å². The zero-order valence-electron chi connectivity index (χ0n) is 6.22. The molecular formula is C7HF7. The maximum Gasteiger partial charge on any atom is 0.332 e. The van der Waals surface area contributed by atoms with Crippen LogP contribution in [0.3, 0.4) is 0 Å². The summed E-state index contributed by atoms with van der Waals surface area (Å²) >= 11 is 0. The largest absolute Gasteiger partial charge is 0.332 e. The molecule has 1 aliphatic rings. The highest BCUT2D eigenvalue weighted by atomic mass is 19.3. The summed E-state index contributed by atoms with van der Waals surface area (Å²) in [5, 5.41) is 0. The van der Waals surface area contributed by atoms with Crippen LogP contribution in [0, 0.1) is 0 Å². The topological polar surface area (TPSA) is 0 Å². The van der Waals surface area contributed by atoms with Crippen molar-refractivity contribution >= 4 is 0 Å². The van der Waals surface area contributed by atoms with Crippen molar-refractivity contribution < 1.29 is 30.7 Å². The second-order valence-electron chi connectivity index (χ2n) is 2.35. The minimum Gasteiger partial charge on any atom is -0.212 e. The molecule has 0 spiro atoms. The van der Waals surface area contributed by atoms with E-state index >= 15 is 0 Å². The van der Waals surface area contributed by atoms with Crippen LogP contribution in [-0.2, 0) is 0 Å². The van der Waals surface area contributed by atoms with Gasteiger partial charge in [-0.1, -0.05) is 0 Å². The van der Waals surface area contributed by atoms with Gasteiger partial charge in [-0.25, -0.2) is 22.0 Å². The van der Waals surface area contributed by atoms with Crippen LogP contribution in [0.4, 0.5) is 30.7 Å². The van der Waals surface area contributed by atoms with E-state index in [1.54, 1.807) is 0 Å². The van der Waals surface area contributed by atoms with E-state index in [0.29, 0.717) is 0 Å². The van der Waals surface area contributed by atoms with E-state index in [2.05, 4.69) is 0 Å². The molecule has 0 heterocycles. The minimum absolute atomic E-state index is 1.01. The second kappa shape index (κ2) is 3.14. The average Bonchev–Trinajstić information content (AvgIpc) is 2.27. The van der Waals surface area contributed by atoms with Gasteiger partial charge in [0.25, 0.3) is 0 Å². The molecule has 0 aromatic rings. The number of allylic oxidation sites excluding steroid dienone is 5. The molecule has 0 nitrogen and oxygen atoms in total. The van der Waals surface area contributed by atoms with Gasteiger partial charge in [0.05, 0.1) is 0 Å². The van der Waals surface area contributed by atoms with Crippen molar-refractivity contribution in [1.29, 1.82) is 0 Å². The Kier molecular flexibility index (Phi) is 2.43. The predicted octanol–water partition coefficient (Wildman–Crippen LogP) is 3.79. The SMILES string of the molecule is F/C=C(\F)C1=C(F)C(F)=C(F)C1(F)F. The number of rotatable bonds is 1. The summed E-state index contributed by atoms with van der Waals surface area (Å²) in [5.41, 5.74) is -2.27. The van der Waals surface area contributed by atoms with Crippen molar-refractivity contribution in [3.63, 3.8) is 0 Å². The van der Waals surface area contributed by atoms with Crippen LogP contribution in [0.1, 0.15) is 0 Å². The summed E-state index contributed by atoms with van der Waals surface area (Å²) < 4.78 is 85.7. The molecule has 1 aliphatic carbocycles. The van der Waals surface area contributed by atoms with E-state index in [1.807, 2.05) is 0 Å². The first-order valence-electron chi connectivity index (χ1n) is 3.14. The van der Waals surface area contributed by atoms with Gasteiger partial charge in [0.2, 0.25) is 5.83 Å². The van der Waals surface area contributed by atoms with E-state index in [4.69, 9.17) is 0 Å². The van der Waals surface area contributed by atoms with Gasteiger partial charge in [0.1, 0.15) is 11.9 Å². The number of hydrogen-bond donors (Lipinski definition) is 0. The molecule has 0 saturated carbocycles. The zero-order chi connectivity index (χ0) is 11.1.